The number of nitrogens with zero attached hydrogens (tertiary/aromatic N) is 1. The molecule has 1 aliphatic rings. The van der Waals surface area contributed by atoms with Crippen molar-refractivity contribution in [3.8, 4) is 0 Å². The smallest absolute Gasteiger partial charge is 0.0372 e. The maximum absolute atomic E-state index is 2.57. The van der Waals surface area contributed by atoms with Gasteiger partial charge in [0.25, 0.3) is 0 Å². The summed E-state index contributed by atoms with van der Waals surface area (Å²) in [7, 11) is 2.28. The molecule has 0 spiro atoms. The van der Waals surface area contributed by atoms with Crippen LogP contribution in [-0.2, 0) is 5.41 Å². The van der Waals surface area contributed by atoms with Crippen LogP contribution < -0.4 is 0 Å². The number of hydrogen-bond donors (Lipinski definition) is 0. The molecule has 0 N–H and O–H groups in total. The third-order valence-corrected chi connectivity index (χ3v) is 5.34. The van der Waals surface area contributed by atoms with Gasteiger partial charge in [0, 0.05) is 17.5 Å². The number of hydrogen-bond acceptors (Lipinski definition) is 1. The van der Waals surface area contributed by atoms with Crippen molar-refractivity contribution < 1.29 is 0 Å². The van der Waals surface area contributed by atoms with Gasteiger partial charge in [-0.3, -0.25) is 4.90 Å². The van der Waals surface area contributed by atoms with Crippen molar-refractivity contribution in [2.75, 3.05) is 7.05 Å². The second-order valence-electron chi connectivity index (χ2n) is 6.35. The van der Waals surface area contributed by atoms with E-state index in [0.717, 1.165) is 0 Å². The Hall–Kier alpha value is -1.60. The molecule has 0 bridgehead atoms. The van der Waals surface area contributed by atoms with Gasteiger partial charge >= 0.3 is 0 Å². The van der Waals surface area contributed by atoms with E-state index in [9.17, 15) is 0 Å². The van der Waals surface area contributed by atoms with Crippen LogP contribution in [0.2, 0.25) is 0 Å². The highest BCUT2D eigenvalue weighted by atomic mass is 15.2. The van der Waals surface area contributed by atoms with Gasteiger partial charge in [-0.1, -0.05) is 67.6 Å². The average Bonchev–Trinajstić information content (AvgIpc) is 2.81. The highest BCUT2D eigenvalue weighted by molar-refractivity contribution is 5.43. The molecule has 0 aromatic heterocycles. The predicted octanol–water partition coefficient (Wildman–Crippen LogP) is 4.48. The molecule has 0 amide bonds. The summed E-state index contributed by atoms with van der Waals surface area (Å²) in [5.41, 5.74) is 3.03. The molecule has 2 atom stereocenters. The Labute approximate surface area is 128 Å². The fraction of sp³-hybridized carbons (Fsp3) is 0.400. The van der Waals surface area contributed by atoms with Crippen LogP contribution in [0.15, 0.2) is 60.7 Å². The molecule has 1 saturated heterocycles. The Bertz CT molecular complexity index is 536. The molecule has 0 saturated carbocycles. The second-order valence-corrected chi connectivity index (χ2v) is 6.35. The molecule has 1 aliphatic heterocycles. The molecule has 1 heteroatoms. The van der Waals surface area contributed by atoms with Gasteiger partial charge in [-0.15, -0.1) is 0 Å². The molecular weight excluding hydrogens is 254 g/mol. The lowest BCUT2D eigenvalue weighted by atomic mass is 9.68. The van der Waals surface area contributed by atoms with E-state index >= 15 is 0 Å². The van der Waals surface area contributed by atoms with Gasteiger partial charge in [0.2, 0.25) is 0 Å². The van der Waals surface area contributed by atoms with Crippen molar-refractivity contribution in [3.05, 3.63) is 71.8 Å². The molecule has 1 heterocycles. The Kier molecular flexibility index (Phi) is 3.86. The van der Waals surface area contributed by atoms with Crippen molar-refractivity contribution in [2.45, 2.75) is 44.2 Å². The number of likely N-dealkylation sites (tertiary alicyclic amines) is 1. The van der Waals surface area contributed by atoms with E-state index in [0.29, 0.717) is 12.1 Å². The summed E-state index contributed by atoms with van der Waals surface area (Å²) >= 11 is 0. The highest BCUT2D eigenvalue weighted by Gasteiger charge is 2.50. The van der Waals surface area contributed by atoms with Gasteiger partial charge in [-0.2, -0.15) is 0 Å². The van der Waals surface area contributed by atoms with E-state index in [1.54, 1.807) is 0 Å². The SMILES string of the molecule is CC[C@H]1N(C)[C@@H](C)CC1(c1ccccc1)c1ccccc1. The van der Waals surface area contributed by atoms with Crippen molar-refractivity contribution in [2.24, 2.45) is 0 Å². The first kappa shape index (κ1) is 14.3. The molecule has 21 heavy (non-hydrogen) atoms. The van der Waals surface area contributed by atoms with Gasteiger partial charge < -0.3 is 0 Å². The molecular formula is C20H25N. The van der Waals surface area contributed by atoms with E-state index in [1.807, 2.05) is 0 Å². The van der Waals surface area contributed by atoms with E-state index in [4.69, 9.17) is 0 Å². The lowest BCUT2D eigenvalue weighted by Gasteiger charge is -2.38. The van der Waals surface area contributed by atoms with Gasteiger partial charge in [-0.25, -0.2) is 0 Å². The lowest BCUT2D eigenvalue weighted by molar-refractivity contribution is 0.224. The second kappa shape index (κ2) is 5.65. The average molecular weight is 279 g/mol. The molecule has 0 unspecified atom stereocenters. The van der Waals surface area contributed by atoms with Gasteiger partial charge in [0.1, 0.15) is 0 Å². The van der Waals surface area contributed by atoms with Crippen LogP contribution in [0.1, 0.15) is 37.8 Å². The van der Waals surface area contributed by atoms with Crippen molar-refractivity contribution >= 4 is 0 Å². The first-order chi connectivity index (χ1) is 10.2. The maximum atomic E-state index is 2.57. The van der Waals surface area contributed by atoms with E-state index in [2.05, 4.69) is 86.5 Å². The monoisotopic (exact) mass is 279 g/mol. The summed E-state index contributed by atoms with van der Waals surface area (Å²) < 4.78 is 0. The molecule has 2 aromatic carbocycles. The first-order valence-electron chi connectivity index (χ1n) is 8.03. The zero-order chi connectivity index (χ0) is 14.9. The van der Waals surface area contributed by atoms with E-state index < -0.39 is 0 Å². The Morgan fingerprint density at radius 3 is 1.86 bits per heavy atom. The quantitative estimate of drug-likeness (QED) is 0.801. The van der Waals surface area contributed by atoms with Crippen molar-refractivity contribution in [1.82, 2.24) is 4.90 Å². The van der Waals surface area contributed by atoms with Crippen LogP contribution in [-0.4, -0.2) is 24.0 Å². The lowest BCUT2D eigenvalue weighted by Crippen LogP contribution is -2.42. The predicted molar refractivity (Wildman–Crippen MR) is 89.6 cm³/mol. The first-order valence-corrected chi connectivity index (χ1v) is 8.03. The maximum Gasteiger partial charge on any atom is 0.0372 e. The fourth-order valence-electron chi connectivity index (χ4n) is 4.30. The molecule has 3 rings (SSSR count). The Balaban J connectivity index is 2.21. The fourth-order valence-corrected chi connectivity index (χ4v) is 4.30. The summed E-state index contributed by atoms with van der Waals surface area (Å²) in [6.45, 7) is 4.68. The molecule has 1 fully saturated rings. The topological polar surface area (TPSA) is 3.24 Å². The van der Waals surface area contributed by atoms with Crippen LogP contribution in [0.25, 0.3) is 0 Å². The molecule has 0 aliphatic carbocycles. The third kappa shape index (κ3) is 2.20. The number of benzene rings is 2. The summed E-state index contributed by atoms with van der Waals surface area (Å²) in [4.78, 5) is 2.57. The standard InChI is InChI=1S/C20H25N/c1-4-19-20(15-16(2)21(19)3,17-11-7-5-8-12-17)18-13-9-6-10-14-18/h5-14,16,19H,4,15H2,1-3H3/t16-,19+/m0/s1. The van der Waals surface area contributed by atoms with E-state index in [1.165, 1.54) is 24.0 Å². The summed E-state index contributed by atoms with van der Waals surface area (Å²) in [5, 5.41) is 0. The summed E-state index contributed by atoms with van der Waals surface area (Å²) in [5.74, 6) is 0. The third-order valence-electron chi connectivity index (χ3n) is 5.34. The van der Waals surface area contributed by atoms with E-state index in [-0.39, 0.29) is 5.41 Å². The van der Waals surface area contributed by atoms with Crippen LogP contribution >= 0.6 is 0 Å². The zero-order valence-electron chi connectivity index (χ0n) is 13.3. The number of rotatable bonds is 3. The van der Waals surface area contributed by atoms with Crippen molar-refractivity contribution in [3.63, 3.8) is 0 Å². The molecule has 110 valence electrons. The zero-order valence-corrected chi connectivity index (χ0v) is 13.3. The van der Waals surface area contributed by atoms with Gasteiger partial charge in [0.05, 0.1) is 0 Å². The van der Waals surface area contributed by atoms with Crippen LogP contribution in [0, 0.1) is 0 Å². The van der Waals surface area contributed by atoms with Crippen LogP contribution in [0.3, 0.4) is 0 Å². The Morgan fingerprint density at radius 2 is 1.43 bits per heavy atom. The summed E-state index contributed by atoms with van der Waals surface area (Å²) in [6, 6.07) is 23.3. The minimum absolute atomic E-state index is 0.117. The highest BCUT2D eigenvalue weighted by Crippen LogP contribution is 2.48. The largest absolute Gasteiger partial charge is 0.299 e. The molecule has 2 aromatic rings. The van der Waals surface area contributed by atoms with Crippen LogP contribution in [0.4, 0.5) is 0 Å². The number of likely N-dealkylation sites (N-methyl/N-ethyl adjacent to an activating group) is 1. The van der Waals surface area contributed by atoms with Gasteiger partial charge in [-0.05, 0) is 37.9 Å². The minimum atomic E-state index is 0.117. The van der Waals surface area contributed by atoms with Crippen molar-refractivity contribution in [1.29, 1.82) is 0 Å². The van der Waals surface area contributed by atoms with Crippen LogP contribution in [0.5, 0.6) is 0 Å². The summed E-state index contributed by atoms with van der Waals surface area (Å²) in [6.07, 6.45) is 2.36. The normalized spacial score (nSPS) is 25.1. The molecule has 0 radical (unpaired) electrons. The minimum Gasteiger partial charge on any atom is -0.299 e. The van der Waals surface area contributed by atoms with Gasteiger partial charge in [0.15, 0.2) is 0 Å². The molecule has 1 nitrogen and oxygen atoms in total. The Morgan fingerprint density at radius 1 is 0.952 bits per heavy atom.